The van der Waals surface area contributed by atoms with Crippen LogP contribution in [0, 0.1) is 18.8 Å². The van der Waals surface area contributed by atoms with Crippen LogP contribution in [0.5, 0.6) is 5.75 Å². The Bertz CT molecular complexity index is 507. The molecule has 0 saturated heterocycles. The van der Waals surface area contributed by atoms with Gasteiger partial charge in [-0.05, 0) is 42.2 Å². The Hall–Kier alpha value is -1.84. The van der Waals surface area contributed by atoms with E-state index in [9.17, 15) is 9.90 Å². The van der Waals surface area contributed by atoms with Crippen LogP contribution in [0.4, 0.5) is 0 Å². The molecule has 4 heteroatoms. The first-order chi connectivity index (χ1) is 8.49. The van der Waals surface area contributed by atoms with Gasteiger partial charge in [0.1, 0.15) is 0 Å². The summed E-state index contributed by atoms with van der Waals surface area (Å²) in [4.78, 5) is 11.4. The minimum absolute atomic E-state index is 0.0280. The van der Waals surface area contributed by atoms with E-state index in [1.165, 1.54) is 0 Å². The van der Waals surface area contributed by atoms with Crippen LogP contribution in [0.2, 0.25) is 0 Å². The van der Waals surface area contributed by atoms with Gasteiger partial charge in [-0.2, -0.15) is 5.10 Å². The minimum Gasteiger partial charge on any atom is -0.290 e. The van der Waals surface area contributed by atoms with Crippen molar-refractivity contribution in [2.75, 3.05) is 0 Å². The highest BCUT2D eigenvalue weighted by Gasteiger charge is 2.28. The molecule has 1 aromatic rings. The average molecular weight is 245 g/mol. The summed E-state index contributed by atoms with van der Waals surface area (Å²) in [5, 5.41) is 15.6. The van der Waals surface area contributed by atoms with Gasteiger partial charge < -0.3 is 0 Å². The molecule has 18 heavy (non-hydrogen) atoms. The highest BCUT2D eigenvalue weighted by atomic mass is 16.3. The van der Waals surface area contributed by atoms with Crippen LogP contribution in [0.3, 0.4) is 0 Å². The summed E-state index contributed by atoms with van der Waals surface area (Å²) in [7, 11) is 0. The van der Waals surface area contributed by atoms with Crippen molar-refractivity contribution in [3.8, 4) is 5.75 Å². The van der Waals surface area contributed by atoms with E-state index < -0.39 is 0 Å². The first-order valence-electron chi connectivity index (χ1n) is 6.13. The van der Waals surface area contributed by atoms with Crippen LogP contribution in [-0.4, -0.2) is 11.6 Å². The Kier molecular flexibility index (Phi) is 3.36. The van der Waals surface area contributed by atoms with E-state index in [-0.39, 0.29) is 17.6 Å². The molecule has 0 aliphatic carbocycles. The summed E-state index contributed by atoms with van der Waals surface area (Å²) in [5.74, 6) is 0.424. The van der Waals surface area contributed by atoms with Crippen molar-refractivity contribution in [2.45, 2.75) is 27.2 Å². The van der Waals surface area contributed by atoms with Crippen molar-refractivity contribution in [3.63, 3.8) is 0 Å². The Balaban J connectivity index is 2.40. The fourth-order valence-corrected chi connectivity index (χ4v) is 2.19. The summed E-state index contributed by atoms with van der Waals surface area (Å²) >= 11 is 0. The second-order valence-electron chi connectivity index (χ2n) is 5.07. The van der Waals surface area contributed by atoms with Crippen LogP contribution in [-0.2, 0) is 9.90 Å². The van der Waals surface area contributed by atoms with Gasteiger partial charge in [0.05, 0.1) is 5.71 Å². The van der Waals surface area contributed by atoms with Gasteiger partial charge in [-0.1, -0.05) is 13.8 Å². The molecular formula is C14H17N2O2. The predicted octanol–water partition coefficient (Wildman–Crippen LogP) is 2.64. The van der Waals surface area contributed by atoms with E-state index in [1.807, 2.05) is 6.07 Å². The van der Waals surface area contributed by atoms with Crippen molar-refractivity contribution in [1.82, 2.24) is 5.43 Å². The van der Waals surface area contributed by atoms with Gasteiger partial charge in [-0.3, -0.25) is 9.90 Å². The maximum Gasteiger partial charge on any atom is 0.240 e. The second kappa shape index (κ2) is 4.80. The number of aryl methyl sites for hydroxylation is 1. The highest BCUT2D eigenvalue weighted by Crippen LogP contribution is 2.26. The van der Waals surface area contributed by atoms with E-state index in [2.05, 4.69) is 24.4 Å². The monoisotopic (exact) mass is 245 g/mol. The number of rotatable bonds is 2. The number of amides is 1. The van der Waals surface area contributed by atoms with E-state index in [0.29, 0.717) is 17.9 Å². The van der Waals surface area contributed by atoms with Crippen molar-refractivity contribution in [1.29, 1.82) is 0 Å². The lowest BCUT2D eigenvalue weighted by molar-refractivity contribution is -0.122. The molecule has 1 atom stereocenters. The molecule has 1 N–H and O–H groups in total. The first kappa shape index (κ1) is 12.6. The third-order valence-electron chi connectivity index (χ3n) is 3.33. The average Bonchev–Trinajstić information content (AvgIpc) is 2.32. The number of benzene rings is 1. The SMILES string of the molecule is Cc1cc(C2=NNC(=O)CC2C(C)C)ccc1[O]. The number of nitrogens with one attached hydrogen (secondary N) is 1. The molecule has 0 aromatic heterocycles. The fraction of sp³-hybridized carbons (Fsp3) is 0.429. The number of carbonyl (C=O) groups excluding carboxylic acids is 1. The molecule has 1 heterocycles. The van der Waals surface area contributed by atoms with E-state index in [0.717, 1.165) is 11.3 Å². The third-order valence-corrected chi connectivity index (χ3v) is 3.33. The Morgan fingerprint density at radius 2 is 2.11 bits per heavy atom. The van der Waals surface area contributed by atoms with Gasteiger partial charge in [-0.25, -0.2) is 5.43 Å². The van der Waals surface area contributed by atoms with Crippen LogP contribution >= 0.6 is 0 Å². The zero-order valence-electron chi connectivity index (χ0n) is 10.9. The lowest BCUT2D eigenvalue weighted by atomic mass is 9.83. The molecule has 0 spiro atoms. The summed E-state index contributed by atoms with van der Waals surface area (Å²) in [5.41, 5.74) is 5.01. The largest absolute Gasteiger partial charge is 0.290 e. The van der Waals surface area contributed by atoms with Crippen LogP contribution < -0.4 is 5.43 Å². The maximum atomic E-state index is 11.4. The van der Waals surface area contributed by atoms with E-state index in [1.54, 1.807) is 19.1 Å². The smallest absolute Gasteiger partial charge is 0.240 e. The predicted molar refractivity (Wildman–Crippen MR) is 68.9 cm³/mol. The van der Waals surface area contributed by atoms with Crippen molar-refractivity contribution in [2.24, 2.45) is 16.9 Å². The third kappa shape index (κ3) is 2.37. The lowest BCUT2D eigenvalue weighted by Crippen LogP contribution is -2.35. The molecule has 1 aliphatic heterocycles. The summed E-state index contributed by atoms with van der Waals surface area (Å²) in [6.07, 6.45) is 0.453. The van der Waals surface area contributed by atoms with E-state index >= 15 is 0 Å². The number of hydrogen-bond donors (Lipinski definition) is 1. The van der Waals surface area contributed by atoms with Crippen molar-refractivity contribution >= 4 is 11.6 Å². The van der Waals surface area contributed by atoms with Crippen molar-refractivity contribution < 1.29 is 9.90 Å². The maximum absolute atomic E-state index is 11.4. The molecule has 1 radical (unpaired) electrons. The second-order valence-corrected chi connectivity index (χ2v) is 5.07. The van der Waals surface area contributed by atoms with Gasteiger partial charge in [0.25, 0.3) is 0 Å². The van der Waals surface area contributed by atoms with Gasteiger partial charge in [0.15, 0.2) is 5.75 Å². The summed E-state index contributed by atoms with van der Waals surface area (Å²) in [6.45, 7) is 5.94. The van der Waals surface area contributed by atoms with Crippen molar-refractivity contribution in [3.05, 3.63) is 29.3 Å². The Morgan fingerprint density at radius 1 is 1.39 bits per heavy atom. The summed E-state index contributed by atoms with van der Waals surface area (Å²) < 4.78 is 0. The number of hydrazone groups is 1. The zero-order valence-corrected chi connectivity index (χ0v) is 10.9. The van der Waals surface area contributed by atoms with Gasteiger partial charge >= 0.3 is 0 Å². The molecule has 1 aliphatic rings. The van der Waals surface area contributed by atoms with Crippen LogP contribution in [0.15, 0.2) is 23.3 Å². The number of nitrogens with zero attached hydrogens (tertiary/aromatic N) is 1. The molecule has 1 amide bonds. The number of hydrogen-bond acceptors (Lipinski definition) is 2. The topological polar surface area (TPSA) is 61.4 Å². The molecule has 1 unspecified atom stereocenters. The normalized spacial score (nSPS) is 19.7. The van der Waals surface area contributed by atoms with Gasteiger partial charge in [-0.15, -0.1) is 0 Å². The molecule has 2 rings (SSSR count). The summed E-state index contributed by atoms with van der Waals surface area (Å²) in [6, 6.07) is 5.18. The lowest BCUT2D eigenvalue weighted by Gasteiger charge is -2.26. The van der Waals surface area contributed by atoms with Crippen LogP contribution in [0.25, 0.3) is 0 Å². The Labute approximate surface area is 107 Å². The molecule has 0 bridgehead atoms. The van der Waals surface area contributed by atoms with Crippen LogP contribution in [0.1, 0.15) is 31.4 Å². The molecule has 1 aromatic carbocycles. The zero-order chi connectivity index (χ0) is 13.3. The Morgan fingerprint density at radius 3 is 2.72 bits per heavy atom. The highest BCUT2D eigenvalue weighted by molar-refractivity contribution is 6.06. The quantitative estimate of drug-likeness (QED) is 0.855. The minimum atomic E-state index is -0.0467. The number of carbonyl (C=O) groups is 1. The molecule has 4 nitrogen and oxygen atoms in total. The van der Waals surface area contributed by atoms with Gasteiger partial charge in [0.2, 0.25) is 5.91 Å². The molecule has 0 saturated carbocycles. The van der Waals surface area contributed by atoms with E-state index in [4.69, 9.17) is 0 Å². The molecule has 95 valence electrons. The fourth-order valence-electron chi connectivity index (χ4n) is 2.19. The molecule has 0 fully saturated rings. The van der Waals surface area contributed by atoms with Gasteiger partial charge in [0, 0.05) is 12.3 Å². The first-order valence-corrected chi connectivity index (χ1v) is 6.13. The standard InChI is InChI=1S/C14H17N2O2/c1-8(2)11-7-13(18)15-16-14(11)10-4-5-12(17)9(3)6-10/h4-6,8,11H,7H2,1-3H3,(H,15,18). The molecular weight excluding hydrogens is 228 g/mol.